The lowest BCUT2D eigenvalue weighted by Gasteiger charge is -2.23. The summed E-state index contributed by atoms with van der Waals surface area (Å²) in [6.45, 7) is 0. The molecule has 146 valence electrons. The molecule has 0 radical (unpaired) electrons. The zero-order valence-electron chi connectivity index (χ0n) is 16.8. The summed E-state index contributed by atoms with van der Waals surface area (Å²) in [6.07, 6.45) is 1.56. The second kappa shape index (κ2) is 6.75. The smallest absolute Gasteiger partial charge is 0.194 e. The van der Waals surface area contributed by atoms with Crippen molar-refractivity contribution in [1.82, 2.24) is 0 Å². The molecule has 0 saturated carbocycles. The van der Waals surface area contributed by atoms with Gasteiger partial charge in [0.1, 0.15) is 0 Å². The number of rotatable bonds is 2. The van der Waals surface area contributed by atoms with Crippen LogP contribution >= 0.6 is 0 Å². The summed E-state index contributed by atoms with van der Waals surface area (Å²) >= 11 is 0. The predicted molar refractivity (Wildman–Crippen MR) is 125 cm³/mol. The van der Waals surface area contributed by atoms with Crippen molar-refractivity contribution in [2.24, 2.45) is 0 Å². The molecule has 0 aliphatic heterocycles. The maximum Gasteiger partial charge on any atom is 0.194 e. The molecule has 0 saturated heterocycles. The Morgan fingerprint density at radius 3 is 2.16 bits per heavy atom. The van der Waals surface area contributed by atoms with Gasteiger partial charge in [0, 0.05) is 22.3 Å². The molecule has 2 nitrogen and oxygen atoms in total. The minimum atomic E-state index is -0.00616. The number of carbonyl (C=O) groups excluding carboxylic acids is 2. The van der Waals surface area contributed by atoms with E-state index < -0.39 is 0 Å². The second-order valence-electron chi connectivity index (χ2n) is 8.07. The summed E-state index contributed by atoms with van der Waals surface area (Å²) in [5, 5.41) is 4.44. The summed E-state index contributed by atoms with van der Waals surface area (Å²) in [4.78, 5) is 25.7. The first-order valence-electron chi connectivity index (χ1n) is 10.4. The van der Waals surface area contributed by atoms with Crippen molar-refractivity contribution in [3.8, 4) is 11.1 Å². The van der Waals surface area contributed by atoms with Crippen molar-refractivity contribution in [3.05, 3.63) is 119 Å². The molecule has 1 aliphatic rings. The molecule has 31 heavy (non-hydrogen) atoms. The first-order chi connectivity index (χ1) is 15.2. The molecular weight excluding hydrogens is 380 g/mol. The number of ketones is 1. The van der Waals surface area contributed by atoms with Gasteiger partial charge < -0.3 is 0 Å². The van der Waals surface area contributed by atoms with Crippen LogP contribution in [0.25, 0.3) is 32.7 Å². The zero-order chi connectivity index (χ0) is 20.9. The van der Waals surface area contributed by atoms with Crippen molar-refractivity contribution < 1.29 is 9.59 Å². The van der Waals surface area contributed by atoms with Crippen molar-refractivity contribution >= 4 is 33.6 Å². The van der Waals surface area contributed by atoms with Gasteiger partial charge in [-0.1, -0.05) is 78.9 Å². The lowest BCUT2D eigenvalue weighted by Crippen LogP contribution is -2.17. The van der Waals surface area contributed by atoms with E-state index in [0.29, 0.717) is 17.5 Å². The quantitative estimate of drug-likeness (QED) is 0.243. The highest BCUT2D eigenvalue weighted by Crippen LogP contribution is 2.40. The fraction of sp³-hybridized carbons (Fsp3) is 0.0345. The van der Waals surface area contributed by atoms with Crippen LogP contribution in [0.2, 0.25) is 0 Å². The van der Waals surface area contributed by atoms with Crippen molar-refractivity contribution in [3.63, 3.8) is 0 Å². The Morgan fingerprint density at radius 2 is 1.32 bits per heavy atom. The molecule has 0 amide bonds. The molecule has 6 rings (SSSR count). The van der Waals surface area contributed by atoms with Crippen molar-refractivity contribution in [1.29, 1.82) is 0 Å². The molecular formula is C29H18O2. The van der Waals surface area contributed by atoms with E-state index in [1.165, 1.54) is 5.39 Å². The Morgan fingerprint density at radius 1 is 0.613 bits per heavy atom. The predicted octanol–water partition coefficient (Wildman–Crippen LogP) is 6.61. The number of hydrogen-bond donors (Lipinski definition) is 0. The van der Waals surface area contributed by atoms with Crippen molar-refractivity contribution in [2.45, 2.75) is 6.42 Å². The van der Waals surface area contributed by atoms with Gasteiger partial charge in [0.2, 0.25) is 0 Å². The highest BCUT2D eigenvalue weighted by Gasteiger charge is 2.28. The monoisotopic (exact) mass is 398 g/mol. The molecule has 0 fully saturated rings. The van der Waals surface area contributed by atoms with Gasteiger partial charge in [0.15, 0.2) is 12.1 Å². The standard InChI is InChI=1S/C29H18O2/c30-17-23-13-12-22-15-20-8-3-4-10-24(20)29(31)28(22)27(23)25-11-5-9-21-14-18-6-1-2-7-19(18)16-26(21)25/h1-14,16-17H,15H2. The van der Waals surface area contributed by atoms with Crippen LogP contribution in [0.1, 0.15) is 37.4 Å². The van der Waals surface area contributed by atoms with Gasteiger partial charge in [-0.05, 0) is 56.8 Å². The summed E-state index contributed by atoms with van der Waals surface area (Å²) in [6, 6.07) is 30.2. The molecule has 5 aromatic carbocycles. The molecule has 5 aromatic rings. The third-order valence-electron chi connectivity index (χ3n) is 6.34. The van der Waals surface area contributed by atoms with Gasteiger partial charge in [0.05, 0.1) is 0 Å². The first-order valence-corrected chi connectivity index (χ1v) is 10.4. The maximum atomic E-state index is 13.6. The van der Waals surface area contributed by atoms with Crippen LogP contribution in [0, 0.1) is 0 Å². The fourth-order valence-corrected chi connectivity index (χ4v) is 4.88. The van der Waals surface area contributed by atoms with Gasteiger partial charge in [-0.3, -0.25) is 9.59 Å². The van der Waals surface area contributed by atoms with Gasteiger partial charge in [-0.2, -0.15) is 0 Å². The highest BCUT2D eigenvalue weighted by molar-refractivity contribution is 6.19. The number of carbonyl (C=O) groups is 2. The molecule has 0 heterocycles. The number of hydrogen-bond acceptors (Lipinski definition) is 2. The van der Waals surface area contributed by atoms with E-state index in [2.05, 4.69) is 30.3 Å². The van der Waals surface area contributed by atoms with Crippen LogP contribution in [0.3, 0.4) is 0 Å². The average Bonchev–Trinajstić information content (AvgIpc) is 2.82. The van der Waals surface area contributed by atoms with Crippen LogP contribution in [0.15, 0.2) is 91.0 Å². The molecule has 0 spiro atoms. The van der Waals surface area contributed by atoms with Gasteiger partial charge in [0.25, 0.3) is 0 Å². The van der Waals surface area contributed by atoms with Crippen LogP contribution in [0.4, 0.5) is 0 Å². The lowest BCUT2D eigenvalue weighted by molar-refractivity contribution is 0.103. The normalized spacial score (nSPS) is 12.6. The Kier molecular flexibility index (Phi) is 3.87. The molecule has 0 bridgehead atoms. The zero-order valence-corrected chi connectivity index (χ0v) is 16.8. The number of fused-ring (bicyclic) bond motifs is 4. The minimum absolute atomic E-state index is 0.00616. The molecule has 0 aromatic heterocycles. The fourth-order valence-electron chi connectivity index (χ4n) is 4.88. The van der Waals surface area contributed by atoms with Crippen LogP contribution in [0.5, 0.6) is 0 Å². The first kappa shape index (κ1) is 17.8. The lowest BCUT2D eigenvalue weighted by atomic mass is 9.79. The van der Waals surface area contributed by atoms with E-state index in [0.717, 1.165) is 50.3 Å². The maximum absolute atomic E-state index is 13.6. The highest BCUT2D eigenvalue weighted by atomic mass is 16.1. The molecule has 0 atom stereocenters. The third kappa shape index (κ3) is 2.65. The van der Waals surface area contributed by atoms with E-state index in [9.17, 15) is 9.59 Å². The summed E-state index contributed by atoms with van der Waals surface area (Å²) in [5.74, 6) is -0.00616. The molecule has 0 unspecified atom stereocenters. The Bertz CT molecular complexity index is 1540. The Balaban J connectivity index is 1.70. The number of aldehydes is 1. The topological polar surface area (TPSA) is 34.1 Å². The van der Waals surface area contributed by atoms with E-state index >= 15 is 0 Å². The molecule has 0 N–H and O–H groups in total. The average molecular weight is 398 g/mol. The molecule has 1 aliphatic carbocycles. The number of benzene rings is 5. The SMILES string of the molecule is O=Cc1ccc2c(c1-c1cccc3cc4ccccc4cc13)C(=O)c1ccccc1C2. The van der Waals surface area contributed by atoms with E-state index in [4.69, 9.17) is 0 Å². The van der Waals surface area contributed by atoms with Gasteiger partial charge >= 0.3 is 0 Å². The minimum Gasteiger partial charge on any atom is -0.298 e. The van der Waals surface area contributed by atoms with Gasteiger partial charge in [-0.15, -0.1) is 0 Å². The largest absolute Gasteiger partial charge is 0.298 e. The van der Waals surface area contributed by atoms with Crippen LogP contribution in [-0.2, 0) is 6.42 Å². The second-order valence-corrected chi connectivity index (χ2v) is 8.07. The van der Waals surface area contributed by atoms with E-state index in [1.54, 1.807) is 0 Å². The summed E-state index contributed by atoms with van der Waals surface area (Å²) in [7, 11) is 0. The van der Waals surface area contributed by atoms with Crippen LogP contribution < -0.4 is 0 Å². The van der Waals surface area contributed by atoms with E-state index in [1.807, 2.05) is 60.7 Å². The summed E-state index contributed by atoms with van der Waals surface area (Å²) in [5.41, 5.74) is 5.61. The Hall–Kier alpha value is -4.04. The van der Waals surface area contributed by atoms with Crippen LogP contribution in [-0.4, -0.2) is 12.1 Å². The Labute approximate surface area is 179 Å². The van der Waals surface area contributed by atoms with E-state index in [-0.39, 0.29) is 5.78 Å². The van der Waals surface area contributed by atoms with Crippen molar-refractivity contribution in [2.75, 3.05) is 0 Å². The summed E-state index contributed by atoms with van der Waals surface area (Å²) < 4.78 is 0. The van der Waals surface area contributed by atoms with Gasteiger partial charge in [-0.25, -0.2) is 0 Å². The molecule has 2 heteroatoms. The third-order valence-corrected chi connectivity index (χ3v) is 6.34.